The van der Waals surface area contributed by atoms with Crippen molar-refractivity contribution < 1.29 is 20.0 Å². The molecule has 240 valence electrons. The predicted molar refractivity (Wildman–Crippen MR) is 200 cm³/mol. The van der Waals surface area contributed by atoms with E-state index in [9.17, 15) is 2.74 Å². The largest absolute Gasteiger partial charge is 0.453 e. The van der Waals surface area contributed by atoms with E-state index in [0.29, 0.717) is 22.1 Å². The van der Waals surface area contributed by atoms with Crippen molar-refractivity contribution in [2.24, 2.45) is 7.05 Å². The van der Waals surface area contributed by atoms with Crippen molar-refractivity contribution in [1.82, 2.24) is 14.5 Å². The van der Waals surface area contributed by atoms with E-state index < -0.39 is 39.2 Å². The number of aromatic nitrogens is 4. The number of para-hydroxylation sites is 2. The third kappa shape index (κ3) is 5.09. The molecular formula is C41H47N4OSi+. The average molecular weight is 648 g/mol. The number of nitrogens with zero attached hydrogens (tertiary/aromatic N) is 4. The molecule has 0 aliphatic rings. The first-order valence-corrected chi connectivity index (χ1v) is 19.8. The summed E-state index contributed by atoms with van der Waals surface area (Å²) in [6, 6.07) is 19.9. The Bertz CT molecular complexity index is 2650. The number of hydrogen-bond donors (Lipinski definition) is 0. The SMILES string of the molecule is [2H]C([2H])([2H])c1nc2ccc3c4ccc(C)c(-c5n(-c6c(C(C)C)cc(C([2H])([2H])[Si](C)(C)C)cc6C(C)C)c6ccccc6[n+]5C)c4oc3c2nc1C([2H])([2H])[2H]. The minimum atomic E-state index is -2.82. The Morgan fingerprint density at radius 3 is 2.17 bits per heavy atom. The van der Waals surface area contributed by atoms with Gasteiger partial charge in [-0.05, 0) is 73.9 Å². The number of benzene rings is 4. The van der Waals surface area contributed by atoms with Gasteiger partial charge in [-0.1, -0.05) is 83.7 Å². The zero-order valence-corrected chi connectivity index (χ0v) is 29.6. The topological polar surface area (TPSA) is 47.7 Å². The highest BCUT2D eigenvalue weighted by Gasteiger charge is 2.34. The van der Waals surface area contributed by atoms with Crippen LogP contribution in [-0.4, -0.2) is 22.6 Å². The van der Waals surface area contributed by atoms with Crippen LogP contribution in [0.5, 0.6) is 0 Å². The van der Waals surface area contributed by atoms with Crippen LogP contribution < -0.4 is 4.57 Å². The third-order valence-electron chi connectivity index (χ3n) is 9.04. The minimum Gasteiger partial charge on any atom is -0.453 e. The van der Waals surface area contributed by atoms with Crippen molar-refractivity contribution in [3.8, 4) is 17.1 Å². The molecule has 3 heterocycles. The van der Waals surface area contributed by atoms with Crippen LogP contribution in [0.1, 0.15) is 84.1 Å². The van der Waals surface area contributed by atoms with Crippen molar-refractivity contribution >= 4 is 52.1 Å². The second-order valence-electron chi connectivity index (χ2n) is 14.4. The Morgan fingerprint density at radius 1 is 0.872 bits per heavy atom. The molecule has 0 spiro atoms. The van der Waals surface area contributed by atoms with Gasteiger partial charge in [0.2, 0.25) is 0 Å². The quantitative estimate of drug-likeness (QED) is 0.133. The van der Waals surface area contributed by atoms with Crippen molar-refractivity contribution in [2.45, 2.75) is 85.8 Å². The zero-order chi connectivity index (χ0) is 40.3. The lowest BCUT2D eigenvalue weighted by Crippen LogP contribution is -2.30. The van der Waals surface area contributed by atoms with Gasteiger partial charge in [0.15, 0.2) is 22.2 Å². The van der Waals surface area contributed by atoms with E-state index in [2.05, 4.69) is 96.8 Å². The summed E-state index contributed by atoms with van der Waals surface area (Å²) in [5.74, 6) is -0.484. The van der Waals surface area contributed by atoms with Gasteiger partial charge in [-0.3, -0.25) is 0 Å². The van der Waals surface area contributed by atoms with Gasteiger partial charge in [0.1, 0.15) is 16.8 Å². The average Bonchev–Trinajstić information content (AvgIpc) is 3.60. The molecule has 0 radical (unpaired) electrons. The van der Waals surface area contributed by atoms with Gasteiger partial charge in [-0.2, -0.15) is 4.57 Å². The first-order chi connectivity index (χ1) is 25.4. The van der Waals surface area contributed by atoms with Gasteiger partial charge in [0.05, 0.1) is 24.0 Å². The fourth-order valence-electron chi connectivity index (χ4n) is 6.94. The summed E-state index contributed by atoms with van der Waals surface area (Å²) in [5.41, 5.74) is 7.74. The number of fused-ring (bicyclic) bond motifs is 6. The summed E-state index contributed by atoms with van der Waals surface area (Å²) >= 11 is 0. The van der Waals surface area contributed by atoms with E-state index in [0.717, 1.165) is 50.2 Å². The van der Waals surface area contributed by atoms with E-state index in [1.165, 1.54) is 0 Å². The predicted octanol–water partition coefficient (Wildman–Crippen LogP) is 10.6. The van der Waals surface area contributed by atoms with Crippen LogP contribution in [-0.2, 0) is 13.0 Å². The number of hydrogen-bond acceptors (Lipinski definition) is 3. The van der Waals surface area contributed by atoms with Gasteiger partial charge in [0.25, 0.3) is 5.82 Å². The van der Waals surface area contributed by atoms with Gasteiger partial charge >= 0.3 is 0 Å². The van der Waals surface area contributed by atoms with E-state index in [1.807, 2.05) is 38.2 Å². The smallest absolute Gasteiger partial charge is 0.299 e. The Morgan fingerprint density at radius 2 is 1.51 bits per heavy atom. The zero-order valence-electron chi connectivity index (χ0n) is 36.6. The molecule has 6 heteroatoms. The van der Waals surface area contributed by atoms with Gasteiger partial charge < -0.3 is 4.42 Å². The fourth-order valence-corrected chi connectivity index (χ4v) is 7.95. The van der Waals surface area contributed by atoms with Gasteiger partial charge in [-0.25, -0.2) is 14.5 Å². The van der Waals surface area contributed by atoms with Crippen molar-refractivity contribution in [2.75, 3.05) is 0 Å². The molecule has 0 aliphatic carbocycles. The monoisotopic (exact) mass is 647 g/mol. The van der Waals surface area contributed by atoms with Crippen LogP contribution >= 0.6 is 0 Å². The summed E-state index contributed by atoms with van der Waals surface area (Å²) < 4.78 is 78.4. The first kappa shape index (κ1) is 23.1. The Balaban J connectivity index is 1.63. The van der Waals surface area contributed by atoms with Gasteiger partial charge in [0, 0.05) is 40.9 Å². The molecule has 4 aromatic carbocycles. The molecule has 5 nitrogen and oxygen atoms in total. The summed E-state index contributed by atoms with van der Waals surface area (Å²) in [5, 5.41) is 1.49. The second kappa shape index (κ2) is 11.2. The number of rotatable bonds is 6. The van der Waals surface area contributed by atoms with Gasteiger partial charge in [-0.15, -0.1) is 0 Å². The Kier molecular flexibility index (Phi) is 5.48. The molecule has 0 amide bonds. The third-order valence-corrected chi connectivity index (χ3v) is 10.1. The molecule has 0 saturated carbocycles. The Labute approximate surface area is 290 Å². The molecule has 3 aromatic heterocycles. The molecule has 7 rings (SSSR count). The van der Waals surface area contributed by atoms with Crippen LogP contribution in [0.4, 0.5) is 0 Å². The minimum absolute atomic E-state index is 0.0597. The lowest BCUT2D eigenvalue weighted by atomic mass is 9.90. The molecule has 0 fully saturated rings. The summed E-state index contributed by atoms with van der Waals surface area (Å²) in [6.07, 6.45) is 0. The highest BCUT2D eigenvalue weighted by atomic mass is 28.3. The van der Waals surface area contributed by atoms with Crippen LogP contribution in [0.15, 0.2) is 65.1 Å². The van der Waals surface area contributed by atoms with E-state index >= 15 is 0 Å². The first-order valence-electron chi connectivity index (χ1n) is 20.3. The molecule has 0 atom stereocenters. The molecule has 0 N–H and O–H groups in total. The standard InChI is InChI=1S/C41H47N4OSi/c1-23(2)31-20-28(22-47(9,10)11)21-32(24(3)4)38(31)45-35-15-13-12-14-34(35)44(8)41(45)36-25(5)16-17-29-30-18-19-33-37(40(30)46-39(29)36)43-27(7)26(6)42-33/h12-21,23-24H,22H2,1-11H3/q+1/i6D3,7D3,22D2. The molecule has 0 aliphatic heterocycles. The molecule has 0 bridgehead atoms. The number of imidazole rings is 1. The summed E-state index contributed by atoms with van der Waals surface area (Å²) in [4.78, 5) is 8.81. The maximum absolute atomic E-state index is 9.34. The molecule has 47 heavy (non-hydrogen) atoms. The van der Waals surface area contributed by atoms with Crippen molar-refractivity contribution in [1.29, 1.82) is 0 Å². The lowest BCUT2D eigenvalue weighted by molar-refractivity contribution is -0.633. The number of aryl methyl sites for hydroxylation is 4. The molecular weight excluding hydrogens is 593 g/mol. The maximum atomic E-state index is 9.34. The van der Waals surface area contributed by atoms with Crippen LogP contribution in [0.25, 0.3) is 61.1 Å². The van der Waals surface area contributed by atoms with E-state index in [-0.39, 0.29) is 22.9 Å². The molecule has 0 unspecified atom stereocenters. The highest BCUT2D eigenvalue weighted by Crippen LogP contribution is 2.43. The van der Waals surface area contributed by atoms with Crippen LogP contribution in [0, 0.1) is 20.6 Å². The highest BCUT2D eigenvalue weighted by molar-refractivity contribution is 6.75. The van der Waals surface area contributed by atoms with Crippen LogP contribution in [0.2, 0.25) is 19.6 Å². The summed E-state index contributed by atoms with van der Waals surface area (Å²) in [6.45, 7) is 11.3. The molecule has 7 aromatic rings. The summed E-state index contributed by atoms with van der Waals surface area (Å²) in [7, 11) is -0.261. The molecule has 0 saturated heterocycles. The second-order valence-corrected chi connectivity index (χ2v) is 19.1. The van der Waals surface area contributed by atoms with E-state index in [4.69, 9.17) is 12.6 Å². The van der Waals surface area contributed by atoms with Crippen LogP contribution in [0.3, 0.4) is 0 Å². The van der Waals surface area contributed by atoms with Crippen molar-refractivity contribution in [3.63, 3.8) is 0 Å². The normalized spacial score (nSPS) is 16.0. The number of furan rings is 1. The fraction of sp³-hybridized carbons (Fsp3) is 0.341. The van der Waals surface area contributed by atoms with E-state index in [1.54, 1.807) is 6.07 Å². The Hall–Kier alpha value is -4.29. The maximum Gasteiger partial charge on any atom is 0.299 e. The van der Waals surface area contributed by atoms with Crippen molar-refractivity contribution in [3.05, 3.63) is 94.3 Å². The lowest BCUT2D eigenvalue weighted by Gasteiger charge is -2.23.